The Bertz CT molecular complexity index is 567. The molecule has 2 rings (SSSR count). The molecule has 132 valence electrons. The highest BCUT2D eigenvalue weighted by Crippen LogP contribution is 2.39. The molecule has 0 fully saturated rings. The van der Waals surface area contributed by atoms with Gasteiger partial charge in [0.05, 0.1) is 6.04 Å². The third-order valence-corrected chi connectivity index (χ3v) is 4.68. The fourth-order valence-electron chi connectivity index (χ4n) is 3.29. The van der Waals surface area contributed by atoms with Gasteiger partial charge in [-0.05, 0) is 38.7 Å². The number of benzene rings is 1. The molecule has 2 atom stereocenters. The van der Waals surface area contributed by atoms with Crippen molar-refractivity contribution in [2.45, 2.75) is 71.6 Å². The zero-order valence-electron chi connectivity index (χ0n) is 16.1. The second-order valence-corrected chi connectivity index (χ2v) is 8.10. The van der Waals surface area contributed by atoms with Crippen LogP contribution in [0.3, 0.4) is 0 Å². The molecule has 1 aliphatic rings. The third-order valence-electron chi connectivity index (χ3n) is 4.68. The Morgan fingerprint density at radius 2 is 1.79 bits per heavy atom. The van der Waals surface area contributed by atoms with E-state index in [0.29, 0.717) is 5.92 Å². The molecule has 2 heteroatoms. The molecule has 0 radical (unpaired) electrons. The minimum absolute atomic E-state index is 0.0953. The predicted octanol–water partition coefficient (Wildman–Crippen LogP) is 6.08. The van der Waals surface area contributed by atoms with Crippen molar-refractivity contribution < 1.29 is 4.84 Å². The fourth-order valence-corrected chi connectivity index (χ4v) is 3.29. The van der Waals surface area contributed by atoms with Crippen LogP contribution in [0.5, 0.6) is 0 Å². The van der Waals surface area contributed by atoms with Gasteiger partial charge in [0, 0.05) is 12.0 Å². The maximum absolute atomic E-state index is 6.77. The van der Waals surface area contributed by atoms with Crippen LogP contribution in [0.15, 0.2) is 54.6 Å². The van der Waals surface area contributed by atoms with Crippen molar-refractivity contribution in [3.63, 3.8) is 0 Å². The van der Waals surface area contributed by atoms with Crippen LogP contribution in [0.2, 0.25) is 0 Å². The van der Waals surface area contributed by atoms with Crippen molar-refractivity contribution >= 4 is 0 Å². The van der Waals surface area contributed by atoms with E-state index in [9.17, 15) is 0 Å². The monoisotopic (exact) mass is 327 g/mol. The summed E-state index contributed by atoms with van der Waals surface area (Å²) in [5.41, 5.74) is 0.968. The molecule has 1 aromatic carbocycles. The Labute approximate surface area is 148 Å². The molecule has 24 heavy (non-hydrogen) atoms. The van der Waals surface area contributed by atoms with E-state index in [4.69, 9.17) is 4.84 Å². The number of rotatable bonds is 6. The summed E-state index contributed by atoms with van der Waals surface area (Å²) in [6.45, 7) is 13.5. The summed E-state index contributed by atoms with van der Waals surface area (Å²) in [5.74, 6) is 0.448. The second kappa shape index (κ2) is 7.67. The van der Waals surface area contributed by atoms with Crippen LogP contribution in [0.25, 0.3) is 0 Å². The average molecular weight is 328 g/mol. The standard InChI is InChI=1S/C22H33NO/c1-7-22(16-12-9-13-17-22)24-23(21(4,5)6)20(18(2)3)19-14-10-8-11-15-19/h8-16,18,20H,7,17H2,1-6H3. The summed E-state index contributed by atoms with van der Waals surface area (Å²) in [4.78, 5) is 6.77. The molecule has 0 N–H and O–H groups in total. The van der Waals surface area contributed by atoms with E-state index < -0.39 is 0 Å². The summed E-state index contributed by atoms with van der Waals surface area (Å²) >= 11 is 0. The van der Waals surface area contributed by atoms with E-state index in [1.54, 1.807) is 0 Å². The summed E-state index contributed by atoms with van der Waals surface area (Å²) in [6.07, 6.45) is 10.5. The first kappa shape index (κ1) is 19.0. The Hall–Kier alpha value is -1.38. The maximum Gasteiger partial charge on any atom is 0.111 e. The fraction of sp³-hybridized carbons (Fsp3) is 0.545. The molecule has 0 amide bonds. The van der Waals surface area contributed by atoms with Crippen molar-refractivity contribution in [3.05, 3.63) is 60.2 Å². The van der Waals surface area contributed by atoms with E-state index in [1.165, 1.54) is 5.56 Å². The van der Waals surface area contributed by atoms with E-state index in [-0.39, 0.29) is 17.2 Å². The van der Waals surface area contributed by atoms with Crippen molar-refractivity contribution in [1.82, 2.24) is 5.06 Å². The average Bonchev–Trinajstić information content (AvgIpc) is 2.55. The third kappa shape index (κ3) is 4.37. The first-order valence-corrected chi connectivity index (χ1v) is 9.17. The molecule has 2 unspecified atom stereocenters. The van der Waals surface area contributed by atoms with Crippen molar-refractivity contribution in [3.8, 4) is 0 Å². The first-order valence-electron chi connectivity index (χ1n) is 9.17. The summed E-state index contributed by atoms with van der Waals surface area (Å²) < 4.78 is 0. The lowest BCUT2D eigenvalue weighted by molar-refractivity contribution is -0.297. The summed E-state index contributed by atoms with van der Waals surface area (Å²) in [6, 6.07) is 10.9. The highest BCUT2D eigenvalue weighted by atomic mass is 16.7. The molecular formula is C22H33NO. The lowest BCUT2D eigenvalue weighted by Gasteiger charge is -2.47. The Balaban J connectivity index is 2.40. The number of hydrogen-bond donors (Lipinski definition) is 0. The Morgan fingerprint density at radius 3 is 2.25 bits per heavy atom. The normalized spacial score (nSPS) is 22.3. The molecule has 0 saturated carbocycles. The van der Waals surface area contributed by atoms with Crippen LogP contribution in [0.4, 0.5) is 0 Å². The van der Waals surface area contributed by atoms with Gasteiger partial charge in [-0.3, -0.25) is 4.84 Å². The molecule has 0 saturated heterocycles. The maximum atomic E-state index is 6.77. The highest BCUT2D eigenvalue weighted by Gasteiger charge is 2.39. The van der Waals surface area contributed by atoms with Crippen molar-refractivity contribution in [2.75, 3.05) is 0 Å². The van der Waals surface area contributed by atoms with E-state index in [2.05, 4.69) is 101 Å². The summed E-state index contributed by atoms with van der Waals surface area (Å²) in [7, 11) is 0. The van der Waals surface area contributed by atoms with Gasteiger partial charge in [0.25, 0.3) is 0 Å². The van der Waals surface area contributed by atoms with Crippen LogP contribution in [0.1, 0.15) is 66.0 Å². The van der Waals surface area contributed by atoms with Gasteiger partial charge in [0.2, 0.25) is 0 Å². The van der Waals surface area contributed by atoms with Gasteiger partial charge in [0.15, 0.2) is 0 Å². The molecule has 1 aliphatic carbocycles. The number of hydrogen-bond acceptors (Lipinski definition) is 2. The van der Waals surface area contributed by atoms with Gasteiger partial charge < -0.3 is 0 Å². The molecule has 0 bridgehead atoms. The number of nitrogens with zero attached hydrogens (tertiary/aromatic N) is 1. The van der Waals surface area contributed by atoms with Gasteiger partial charge in [-0.1, -0.05) is 75.4 Å². The van der Waals surface area contributed by atoms with Crippen molar-refractivity contribution in [2.24, 2.45) is 5.92 Å². The Morgan fingerprint density at radius 1 is 1.12 bits per heavy atom. The Kier molecular flexibility index (Phi) is 6.06. The van der Waals surface area contributed by atoms with E-state index >= 15 is 0 Å². The topological polar surface area (TPSA) is 12.5 Å². The van der Waals surface area contributed by atoms with E-state index in [0.717, 1.165) is 12.8 Å². The van der Waals surface area contributed by atoms with Crippen LogP contribution in [-0.4, -0.2) is 16.2 Å². The quantitative estimate of drug-likeness (QED) is 0.587. The first-order chi connectivity index (χ1) is 11.3. The molecule has 0 spiro atoms. The molecule has 0 aromatic heterocycles. The SMILES string of the molecule is CCC1(ON(C(c2ccccc2)C(C)C)C(C)(C)C)C=CC=CC1. The number of allylic oxidation sites excluding steroid dienone is 2. The molecule has 1 aromatic rings. The predicted molar refractivity (Wildman–Crippen MR) is 103 cm³/mol. The minimum atomic E-state index is -0.246. The minimum Gasteiger partial charge on any atom is -0.287 e. The zero-order valence-corrected chi connectivity index (χ0v) is 16.1. The van der Waals surface area contributed by atoms with E-state index in [1.807, 2.05) is 0 Å². The van der Waals surface area contributed by atoms with Crippen LogP contribution >= 0.6 is 0 Å². The second-order valence-electron chi connectivity index (χ2n) is 8.10. The van der Waals surface area contributed by atoms with Crippen molar-refractivity contribution in [1.29, 1.82) is 0 Å². The highest BCUT2D eigenvalue weighted by molar-refractivity contribution is 5.21. The van der Waals surface area contributed by atoms with Crippen LogP contribution in [0, 0.1) is 5.92 Å². The van der Waals surface area contributed by atoms with Gasteiger partial charge >= 0.3 is 0 Å². The lowest BCUT2D eigenvalue weighted by atomic mass is 9.90. The van der Waals surface area contributed by atoms with Crippen LogP contribution < -0.4 is 0 Å². The van der Waals surface area contributed by atoms with Gasteiger partial charge in [-0.15, -0.1) is 0 Å². The molecular weight excluding hydrogens is 294 g/mol. The lowest BCUT2D eigenvalue weighted by Crippen LogP contribution is -2.51. The molecule has 2 nitrogen and oxygen atoms in total. The van der Waals surface area contributed by atoms with Crippen LogP contribution in [-0.2, 0) is 4.84 Å². The molecule has 0 heterocycles. The van der Waals surface area contributed by atoms with Gasteiger partial charge in [-0.2, -0.15) is 5.06 Å². The largest absolute Gasteiger partial charge is 0.287 e. The zero-order chi connectivity index (χ0) is 17.8. The summed E-state index contributed by atoms with van der Waals surface area (Å²) in [5, 5.41) is 2.24. The van der Waals surface area contributed by atoms with Gasteiger partial charge in [0.1, 0.15) is 5.60 Å². The number of hydroxylamine groups is 2. The molecule has 0 aliphatic heterocycles. The smallest absolute Gasteiger partial charge is 0.111 e. The van der Waals surface area contributed by atoms with Gasteiger partial charge in [-0.25, -0.2) is 0 Å².